The second-order valence-corrected chi connectivity index (χ2v) is 7.30. The molecule has 27 heavy (non-hydrogen) atoms. The molecule has 0 unspecified atom stereocenters. The van der Waals surface area contributed by atoms with Crippen LogP contribution in [0.25, 0.3) is 10.8 Å². The van der Waals surface area contributed by atoms with Crippen LogP contribution in [-0.2, 0) is 14.3 Å². The molecule has 0 saturated carbocycles. The van der Waals surface area contributed by atoms with Crippen LogP contribution >= 0.6 is 23.4 Å². The minimum absolute atomic E-state index is 0.0245. The van der Waals surface area contributed by atoms with Crippen LogP contribution in [0.2, 0.25) is 5.02 Å². The largest absolute Gasteiger partial charge is 0.455 e. The first kappa shape index (κ1) is 21.1. The number of hydrogen-bond acceptors (Lipinski definition) is 5. The molecule has 0 aliphatic carbocycles. The number of urea groups is 1. The van der Waals surface area contributed by atoms with E-state index < -0.39 is 24.5 Å². The van der Waals surface area contributed by atoms with Crippen molar-refractivity contribution in [2.75, 3.05) is 12.4 Å². The van der Waals surface area contributed by atoms with Crippen molar-refractivity contribution in [3.63, 3.8) is 0 Å². The quantitative estimate of drug-likeness (QED) is 0.538. The van der Waals surface area contributed by atoms with Crippen LogP contribution in [0.3, 0.4) is 0 Å². The molecule has 0 aliphatic heterocycles. The highest BCUT2D eigenvalue weighted by Crippen LogP contribution is 2.33. The summed E-state index contributed by atoms with van der Waals surface area (Å²) in [6, 6.07) is 10.6. The van der Waals surface area contributed by atoms with E-state index in [4.69, 9.17) is 16.3 Å². The number of hydrogen-bond donors (Lipinski definition) is 2. The van der Waals surface area contributed by atoms with Gasteiger partial charge in [-0.15, -0.1) is 11.8 Å². The fraction of sp³-hybridized carbons (Fsp3) is 0.316. The molecular weight excluding hydrogens is 388 g/mol. The molecular formula is C19H21ClN2O4S. The van der Waals surface area contributed by atoms with Gasteiger partial charge in [0.05, 0.1) is 5.75 Å². The summed E-state index contributed by atoms with van der Waals surface area (Å²) in [5, 5.41) is 7.16. The summed E-state index contributed by atoms with van der Waals surface area (Å²) < 4.78 is 4.92. The van der Waals surface area contributed by atoms with Gasteiger partial charge in [-0.25, -0.2) is 4.79 Å². The number of rotatable bonds is 7. The Morgan fingerprint density at radius 2 is 1.89 bits per heavy atom. The maximum absolute atomic E-state index is 11.9. The van der Waals surface area contributed by atoms with Gasteiger partial charge in [-0.2, -0.15) is 0 Å². The van der Waals surface area contributed by atoms with Gasteiger partial charge in [0.1, 0.15) is 0 Å². The van der Waals surface area contributed by atoms with Crippen LogP contribution in [0.15, 0.2) is 41.3 Å². The maximum atomic E-state index is 11.9. The topological polar surface area (TPSA) is 84.5 Å². The van der Waals surface area contributed by atoms with E-state index in [-0.39, 0.29) is 11.8 Å². The molecule has 2 rings (SSSR count). The van der Waals surface area contributed by atoms with E-state index in [1.54, 1.807) is 6.07 Å². The molecule has 0 heterocycles. The van der Waals surface area contributed by atoms with Crippen molar-refractivity contribution in [1.29, 1.82) is 0 Å². The lowest BCUT2D eigenvalue weighted by atomic mass is 10.1. The first-order chi connectivity index (χ1) is 12.9. The summed E-state index contributed by atoms with van der Waals surface area (Å²) in [7, 11) is 0. The SMILES string of the molecule is CC[C@H](C)NC(=O)NC(=O)COC(=O)CSc1cccc2cccc(Cl)c12. The van der Waals surface area contributed by atoms with Gasteiger partial charge in [0, 0.05) is 21.3 Å². The van der Waals surface area contributed by atoms with Crippen molar-refractivity contribution in [2.45, 2.75) is 31.2 Å². The number of esters is 1. The van der Waals surface area contributed by atoms with Gasteiger partial charge in [0.25, 0.3) is 5.91 Å². The minimum atomic E-state index is -0.678. The Labute approximate surface area is 167 Å². The molecule has 8 heteroatoms. The normalized spacial score (nSPS) is 11.7. The molecule has 0 radical (unpaired) electrons. The van der Waals surface area contributed by atoms with Gasteiger partial charge in [0.15, 0.2) is 6.61 Å². The van der Waals surface area contributed by atoms with Crippen molar-refractivity contribution >= 4 is 52.0 Å². The smallest absolute Gasteiger partial charge is 0.321 e. The third-order valence-electron chi connectivity index (χ3n) is 3.77. The Bertz CT molecular complexity index is 838. The lowest BCUT2D eigenvalue weighted by Crippen LogP contribution is -2.44. The van der Waals surface area contributed by atoms with E-state index in [0.717, 1.165) is 22.1 Å². The van der Waals surface area contributed by atoms with Gasteiger partial charge in [-0.3, -0.25) is 14.9 Å². The molecule has 0 bridgehead atoms. The summed E-state index contributed by atoms with van der Waals surface area (Å²) >= 11 is 7.53. The third-order valence-corrected chi connectivity index (χ3v) is 5.11. The van der Waals surface area contributed by atoms with Gasteiger partial charge >= 0.3 is 12.0 Å². The van der Waals surface area contributed by atoms with Gasteiger partial charge in [0.2, 0.25) is 0 Å². The zero-order valence-electron chi connectivity index (χ0n) is 15.1. The lowest BCUT2D eigenvalue weighted by Gasteiger charge is -2.12. The van der Waals surface area contributed by atoms with E-state index >= 15 is 0 Å². The van der Waals surface area contributed by atoms with Crippen molar-refractivity contribution in [1.82, 2.24) is 10.6 Å². The molecule has 0 saturated heterocycles. The number of imide groups is 1. The number of nitrogens with one attached hydrogen (secondary N) is 2. The van der Waals surface area contributed by atoms with Crippen LogP contribution < -0.4 is 10.6 Å². The number of carbonyl (C=O) groups excluding carboxylic acids is 3. The third kappa shape index (κ3) is 6.45. The standard InChI is InChI=1S/C19H21ClN2O4S/c1-3-12(2)21-19(25)22-16(23)10-26-17(24)11-27-15-9-5-7-13-6-4-8-14(20)18(13)15/h4-9,12H,3,10-11H2,1-2H3,(H2,21,22,23,25)/t12-/m0/s1. The molecule has 2 N–H and O–H groups in total. The Hall–Kier alpha value is -2.25. The number of thioether (sulfide) groups is 1. The number of amides is 3. The monoisotopic (exact) mass is 408 g/mol. The highest BCUT2D eigenvalue weighted by atomic mass is 35.5. The summed E-state index contributed by atoms with van der Waals surface area (Å²) in [5.74, 6) is -1.21. The maximum Gasteiger partial charge on any atom is 0.321 e. The van der Waals surface area contributed by atoms with Crippen LogP contribution in [0.1, 0.15) is 20.3 Å². The summed E-state index contributed by atoms with van der Waals surface area (Å²) in [5.41, 5.74) is 0. The van der Waals surface area contributed by atoms with E-state index in [1.807, 2.05) is 44.2 Å². The number of carbonyl (C=O) groups is 3. The molecule has 144 valence electrons. The fourth-order valence-electron chi connectivity index (χ4n) is 2.23. The van der Waals surface area contributed by atoms with Crippen LogP contribution in [0.5, 0.6) is 0 Å². The van der Waals surface area contributed by atoms with Crippen molar-refractivity contribution in [3.05, 3.63) is 41.4 Å². The van der Waals surface area contributed by atoms with E-state index in [9.17, 15) is 14.4 Å². The zero-order chi connectivity index (χ0) is 19.8. The van der Waals surface area contributed by atoms with E-state index in [0.29, 0.717) is 5.02 Å². The Balaban J connectivity index is 1.82. The second kappa shape index (κ2) is 10.2. The van der Waals surface area contributed by atoms with Crippen LogP contribution in [0.4, 0.5) is 4.79 Å². The van der Waals surface area contributed by atoms with Crippen molar-refractivity contribution in [2.24, 2.45) is 0 Å². The molecule has 0 spiro atoms. The summed E-state index contributed by atoms with van der Waals surface area (Å²) in [6.07, 6.45) is 0.742. The Morgan fingerprint density at radius 3 is 2.59 bits per heavy atom. The summed E-state index contributed by atoms with van der Waals surface area (Å²) in [6.45, 7) is 3.22. The second-order valence-electron chi connectivity index (χ2n) is 5.87. The summed E-state index contributed by atoms with van der Waals surface area (Å²) in [4.78, 5) is 35.9. The molecule has 1 atom stereocenters. The molecule has 2 aromatic carbocycles. The average Bonchev–Trinajstić information content (AvgIpc) is 2.64. The van der Waals surface area contributed by atoms with E-state index in [1.165, 1.54) is 11.8 Å². The Morgan fingerprint density at radius 1 is 1.19 bits per heavy atom. The molecule has 2 aromatic rings. The lowest BCUT2D eigenvalue weighted by molar-refractivity contribution is -0.145. The first-order valence-corrected chi connectivity index (χ1v) is 9.83. The molecule has 0 aromatic heterocycles. The predicted octanol–water partition coefficient (Wildman–Crippen LogP) is 3.75. The number of benzene rings is 2. The highest BCUT2D eigenvalue weighted by molar-refractivity contribution is 8.00. The molecule has 0 fully saturated rings. The Kier molecular flexibility index (Phi) is 7.94. The van der Waals surface area contributed by atoms with Crippen LogP contribution in [0, 0.1) is 0 Å². The van der Waals surface area contributed by atoms with Gasteiger partial charge < -0.3 is 10.1 Å². The molecule has 3 amide bonds. The molecule has 0 aliphatic rings. The van der Waals surface area contributed by atoms with Crippen LogP contribution in [-0.4, -0.2) is 36.3 Å². The van der Waals surface area contributed by atoms with Crippen molar-refractivity contribution < 1.29 is 19.1 Å². The zero-order valence-corrected chi connectivity index (χ0v) is 16.7. The average molecular weight is 409 g/mol. The number of halogens is 1. The van der Waals surface area contributed by atoms with Gasteiger partial charge in [-0.1, -0.05) is 42.8 Å². The molecule has 6 nitrogen and oxygen atoms in total. The van der Waals surface area contributed by atoms with Crippen molar-refractivity contribution in [3.8, 4) is 0 Å². The van der Waals surface area contributed by atoms with E-state index in [2.05, 4.69) is 10.6 Å². The van der Waals surface area contributed by atoms with Gasteiger partial charge in [-0.05, 0) is 30.9 Å². The minimum Gasteiger partial charge on any atom is -0.455 e. The number of fused-ring (bicyclic) bond motifs is 1. The highest BCUT2D eigenvalue weighted by Gasteiger charge is 2.13. The first-order valence-electron chi connectivity index (χ1n) is 8.46. The number of ether oxygens (including phenoxy) is 1. The predicted molar refractivity (Wildman–Crippen MR) is 107 cm³/mol. The fourth-order valence-corrected chi connectivity index (χ4v) is 3.47.